The highest BCUT2D eigenvalue weighted by Gasteiger charge is 2.30. The van der Waals surface area contributed by atoms with E-state index in [4.69, 9.17) is 11.5 Å². The minimum Gasteiger partial charge on any atom is -0.406 e. The van der Waals surface area contributed by atoms with Gasteiger partial charge >= 0.3 is 6.36 Å². The van der Waals surface area contributed by atoms with Gasteiger partial charge in [0.05, 0.1) is 5.52 Å². The number of fused-ring (bicyclic) bond motifs is 1. The third-order valence-electron chi connectivity index (χ3n) is 3.27. The molecule has 24 heavy (non-hydrogen) atoms. The Balaban J connectivity index is 0.000000174. The fraction of sp³-hybridized carbons (Fsp3) is 0.188. The molecule has 0 saturated heterocycles. The molecule has 128 valence electrons. The smallest absolute Gasteiger partial charge is 0.406 e. The molecule has 1 heterocycles. The van der Waals surface area contributed by atoms with Crippen LogP contribution in [-0.2, 0) is 7.05 Å². The van der Waals surface area contributed by atoms with E-state index in [9.17, 15) is 13.2 Å². The number of anilines is 2. The molecule has 1 aromatic heterocycles. The molecular weight excluding hydrogens is 321 g/mol. The van der Waals surface area contributed by atoms with Crippen LogP contribution < -0.4 is 16.2 Å². The summed E-state index contributed by atoms with van der Waals surface area (Å²) in [4.78, 5) is 0. The number of alkyl halides is 3. The lowest BCUT2D eigenvalue weighted by Gasteiger charge is -2.07. The van der Waals surface area contributed by atoms with Crippen LogP contribution in [0.5, 0.6) is 5.75 Å². The number of aromatic nitrogens is 2. The second-order valence-corrected chi connectivity index (χ2v) is 5.10. The minimum atomic E-state index is -4.64. The molecule has 0 aliphatic heterocycles. The predicted molar refractivity (Wildman–Crippen MR) is 87.4 cm³/mol. The van der Waals surface area contributed by atoms with Crippen molar-refractivity contribution in [2.24, 2.45) is 7.05 Å². The number of halogens is 3. The number of benzene rings is 2. The van der Waals surface area contributed by atoms with E-state index in [0.29, 0.717) is 5.69 Å². The molecule has 0 fully saturated rings. The molecule has 5 nitrogen and oxygen atoms in total. The lowest BCUT2D eigenvalue weighted by atomic mass is 10.2. The van der Waals surface area contributed by atoms with E-state index in [1.165, 1.54) is 23.2 Å². The summed E-state index contributed by atoms with van der Waals surface area (Å²) < 4.78 is 40.2. The first kappa shape index (κ1) is 17.5. The van der Waals surface area contributed by atoms with Crippen LogP contribution in [0.25, 0.3) is 10.9 Å². The summed E-state index contributed by atoms with van der Waals surface area (Å²) in [5, 5.41) is 5.48. The fourth-order valence-corrected chi connectivity index (χ4v) is 2.02. The largest absolute Gasteiger partial charge is 0.573 e. The summed E-state index contributed by atoms with van der Waals surface area (Å²) in [5.41, 5.74) is 14.2. The Morgan fingerprint density at radius 1 is 1.00 bits per heavy atom. The number of hydrogen-bond acceptors (Lipinski definition) is 4. The van der Waals surface area contributed by atoms with Gasteiger partial charge in [0.1, 0.15) is 5.75 Å². The molecule has 0 saturated carbocycles. The van der Waals surface area contributed by atoms with Crippen molar-refractivity contribution in [1.29, 1.82) is 0 Å². The van der Waals surface area contributed by atoms with Gasteiger partial charge in [0.25, 0.3) is 0 Å². The van der Waals surface area contributed by atoms with Crippen molar-refractivity contribution < 1.29 is 17.9 Å². The van der Waals surface area contributed by atoms with E-state index in [0.717, 1.165) is 23.3 Å². The highest BCUT2D eigenvalue weighted by atomic mass is 19.4. The van der Waals surface area contributed by atoms with Crippen molar-refractivity contribution in [2.45, 2.75) is 13.3 Å². The van der Waals surface area contributed by atoms with Crippen LogP contribution in [0.4, 0.5) is 24.5 Å². The third-order valence-corrected chi connectivity index (χ3v) is 3.27. The molecule has 0 aliphatic rings. The highest BCUT2D eigenvalue weighted by molar-refractivity contribution is 5.84. The third kappa shape index (κ3) is 4.55. The van der Waals surface area contributed by atoms with E-state index < -0.39 is 6.36 Å². The van der Waals surface area contributed by atoms with Gasteiger partial charge in [-0.25, -0.2) is 0 Å². The van der Waals surface area contributed by atoms with Crippen molar-refractivity contribution >= 4 is 22.3 Å². The zero-order chi connectivity index (χ0) is 17.9. The predicted octanol–water partition coefficient (Wildman–Crippen LogP) is 3.63. The van der Waals surface area contributed by atoms with Gasteiger partial charge < -0.3 is 16.2 Å². The molecule has 0 atom stereocenters. The number of nitrogens with two attached hydrogens (primary N) is 2. The second kappa shape index (κ2) is 6.69. The van der Waals surface area contributed by atoms with Gasteiger partial charge in [-0.2, -0.15) is 5.10 Å². The van der Waals surface area contributed by atoms with Gasteiger partial charge in [0.2, 0.25) is 0 Å². The Hall–Kier alpha value is -2.90. The van der Waals surface area contributed by atoms with Gasteiger partial charge in [0, 0.05) is 29.5 Å². The normalized spacial score (nSPS) is 11.0. The maximum atomic E-state index is 11.6. The molecule has 0 unspecified atom stereocenters. The number of aryl methyl sites for hydroxylation is 2. The molecule has 2 aromatic carbocycles. The standard InChI is InChI=1S/C9H11N3.C7H6F3NO/c1-6-8-4-3-7(10)5-9(8)11-12(6)2;8-7(9,10)12-6-3-1-5(11)2-4-6/h3-5H,10H2,1-2H3;1-4H,11H2. The number of hydrogen-bond donors (Lipinski definition) is 2. The number of nitrogen functional groups attached to an aromatic ring is 2. The van der Waals surface area contributed by atoms with Crippen LogP contribution in [0, 0.1) is 6.92 Å². The van der Waals surface area contributed by atoms with Crippen molar-refractivity contribution in [3.63, 3.8) is 0 Å². The molecule has 0 radical (unpaired) electrons. The molecule has 0 amide bonds. The quantitative estimate of drug-likeness (QED) is 0.664. The Morgan fingerprint density at radius 3 is 2.17 bits per heavy atom. The van der Waals surface area contributed by atoms with Crippen molar-refractivity contribution in [2.75, 3.05) is 11.5 Å². The maximum Gasteiger partial charge on any atom is 0.573 e. The van der Waals surface area contributed by atoms with Gasteiger partial charge in [0.15, 0.2) is 0 Å². The number of ether oxygens (including phenoxy) is 1. The van der Waals surface area contributed by atoms with Crippen molar-refractivity contribution in [1.82, 2.24) is 9.78 Å². The molecule has 0 aliphatic carbocycles. The van der Waals surface area contributed by atoms with Crippen LogP contribution in [0.2, 0.25) is 0 Å². The zero-order valence-electron chi connectivity index (χ0n) is 13.1. The number of rotatable bonds is 1. The Kier molecular flexibility index (Phi) is 4.87. The molecule has 8 heteroatoms. The first-order chi connectivity index (χ1) is 11.2. The number of nitrogens with zero attached hydrogens (tertiary/aromatic N) is 2. The zero-order valence-corrected chi connectivity index (χ0v) is 13.1. The monoisotopic (exact) mass is 338 g/mol. The van der Waals surface area contributed by atoms with Crippen molar-refractivity contribution in [3.05, 3.63) is 48.2 Å². The molecule has 0 bridgehead atoms. The topological polar surface area (TPSA) is 79.1 Å². The van der Waals surface area contributed by atoms with E-state index in [1.807, 2.05) is 36.9 Å². The van der Waals surface area contributed by atoms with E-state index in [1.54, 1.807) is 0 Å². The average Bonchev–Trinajstić information content (AvgIpc) is 2.75. The van der Waals surface area contributed by atoms with Gasteiger partial charge in [-0.15, -0.1) is 13.2 Å². The van der Waals surface area contributed by atoms with Crippen molar-refractivity contribution in [3.8, 4) is 5.75 Å². The molecule has 3 aromatic rings. The first-order valence-corrected chi connectivity index (χ1v) is 6.96. The molecule has 3 rings (SSSR count). The lowest BCUT2D eigenvalue weighted by molar-refractivity contribution is -0.274. The van der Waals surface area contributed by atoms with Crippen LogP contribution in [0.15, 0.2) is 42.5 Å². The van der Waals surface area contributed by atoms with E-state index in [-0.39, 0.29) is 5.75 Å². The SMILES string of the molecule is Cc1c2ccc(N)cc2nn1C.Nc1ccc(OC(F)(F)F)cc1. The van der Waals surface area contributed by atoms with Crippen LogP contribution in [-0.4, -0.2) is 16.1 Å². The van der Waals surface area contributed by atoms with Crippen LogP contribution in [0.1, 0.15) is 5.69 Å². The Labute approximate surface area is 136 Å². The Bertz CT molecular complexity index is 826. The average molecular weight is 338 g/mol. The van der Waals surface area contributed by atoms with Gasteiger partial charge in [-0.1, -0.05) is 0 Å². The van der Waals surface area contributed by atoms with E-state index >= 15 is 0 Å². The first-order valence-electron chi connectivity index (χ1n) is 6.96. The fourth-order valence-electron chi connectivity index (χ4n) is 2.02. The summed E-state index contributed by atoms with van der Waals surface area (Å²) in [6, 6.07) is 10.8. The van der Waals surface area contributed by atoms with E-state index in [2.05, 4.69) is 9.84 Å². The summed E-state index contributed by atoms with van der Waals surface area (Å²) >= 11 is 0. The summed E-state index contributed by atoms with van der Waals surface area (Å²) in [6.07, 6.45) is -4.64. The highest BCUT2D eigenvalue weighted by Crippen LogP contribution is 2.23. The molecular formula is C16H17F3N4O. The second-order valence-electron chi connectivity index (χ2n) is 5.10. The molecule has 4 N–H and O–H groups in total. The summed E-state index contributed by atoms with van der Waals surface area (Å²) in [7, 11) is 1.94. The Morgan fingerprint density at radius 2 is 1.58 bits per heavy atom. The lowest BCUT2D eigenvalue weighted by Crippen LogP contribution is -2.16. The minimum absolute atomic E-state index is 0.267. The maximum absolute atomic E-state index is 11.6. The van der Waals surface area contributed by atoms with Gasteiger partial charge in [-0.3, -0.25) is 4.68 Å². The molecule has 0 spiro atoms. The van der Waals surface area contributed by atoms with Gasteiger partial charge in [-0.05, 0) is 49.4 Å². The van der Waals surface area contributed by atoms with Crippen LogP contribution in [0.3, 0.4) is 0 Å². The van der Waals surface area contributed by atoms with Crippen LogP contribution >= 0.6 is 0 Å². The summed E-state index contributed by atoms with van der Waals surface area (Å²) in [5.74, 6) is -0.267. The summed E-state index contributed by atoms with van der Waals surface area (Å²) in [6.45, 7) is 2.05.